The number of carbonyl (C=O) groups is 1. The van der Waals surface area contributed by atoms with Crippen molar-refractivity contribution >= 4 is 11.6 Å². The number of anilines is 1. The minimum atomic E-state index is -0.447. The number of rotatable bonds is 4. The van der Waals surface area contributed by atoms with Gasteiger partial charge in [-0.05, 0) is 18.2 Å². The van der Waals surface area contributed by atoms with E-state index < -0.39 is 5.82 Å². The maximum absolute atomic E-state index is 13.2. The van der Waals surface area contributed by atoms with Gasteiger partial charge in [0, 0.05) is 12.6 Å². The third kappa shape index (κ3) is 4.40. The molecule has 0 aliphatic rings. The summed E-state index contributed by atoms with van der Waals surface area (Å²) in [7, 11) is 0. The van der Waals surface area contributed by atoms with E-state index in [1.807, 2.05) is 0 Å². The van der Waals surface area contributed by atoms with Crippen LogP contribution >= 0.6 is 0 Å². The molecule has 0 bridgehead atoms. The maximum Gasteiger partial charge on any atom is 0.246 e. The fourth-order valence-electron chi connectivity index (χ4n) is 1.60. The van der Waals surface area contributed by atoms with Crippen molar-refractivity contribution in [2.45, 2.75) is 13.0 Å². The van der Waals surface area contributed by atoms with E-state index in [1.165, 1.54) is 29.1 Å². The van der Waals surface area contributed by atoms with Crippen LogP contribution < -0.4 is 5.32 Å². The first-order valence-electron chi connectivity index (χ1n) is 6.22. The first kappa shape index (κ1) is 14.7. The first-order valence-corrected chi connectivity index (χ1v) is 6.22. The Morgan fingerprint density at radius 3 is 3.05 bits per heavy atom. The molecule has 0 unspecified atom stereocenters. The lowest BCUT2D eigenvalue weighted by molar-refractivity contribution is -0.116. The molecule has 0 spiro atoms. The maximum atomic E-state index is 13.2. The molecule has 6 nitrogen and oxygen atoms in total. The van der Waals surface area contributed by atoms with Gasteiger partial charge >= 0.3 is 0 Å². The van der Waals surface area contributed by atoms with Crippen LogP contribution in [-0.2, 0) is 11.3 Å². The molecule has 1 amide bonds. The Labute approximate surface area is 120 Å². The van der Waals surface area contributed by atoms with Gasteiger partial charge in [0.25, 0.3) is 0 Å². The summed E-state index contributed by atoms with van der Waals surface area (Å²) in [5.74, 6) is 4.64. The van der Waals surface area contributed by atoms with E-state index in [9.17, 15) is 9.18 Å². The average molecular weight is 288 g/mol. The Balaban J connectivity index is 2.12. The van der Waals surface area contributed by atoms with E-state index in [0.717, 1.165) is 0 Å². The summed E-state index contributed by atoms with van der Waals surface area (Å²) in [5, 5.41) is 18.6. The van der Waals surface area contributed by atoms with Crippen molar-refractivity contribution in [1.29, 1.82) is 0 Å². The molecule has 7 heteroatoms. The molecule has 2 N–H and O–H groups in total. The molecule has 2 aromatic rings. The lowest BCUT2D eigenvalue weighted by Crippen LogP contribution is -2.19. The van der Waals surface area contributed by atoms with Crippen LogP contribution in [0.5, 0.6) is 0 Å². The summed E-state index contributed by atoms with van der Waals surface area (Å²) >= 11 is 0. The molecule has 108 valence electrons. The average Bonchev–Trinajstić information content (AvgIpc) is 2.95. The third-order valence-corrected chi connectivity index (χ3v) is 2.49. The second kappa shape index (κ2) is 7.17. The van der Waals surface area contributed by atoms with Crippen LogP contribution in [0.3, 0.4) is 0 Å². The number of nitrogens with zero attached hydrogens (tertiary/aromatic N) is 3. The summed E-state index contributed by atoms with van der Waals surface area (Å²) in [6, 6.07) is 3.91. The molecule has 1 heterocycles. The van der Waals surface area contributed by atoms with Crippen LogP contribution in [0.2, 0.25) is 0 Å². The summed E-state index contributed by atoms with van der Waals surface area (Å²) in [5.41, 5.74) is 0.766. The molecule has 21 heavy (non-hydrogen) atoms. The van der Waals surface area contributed by atoms with Crippen molar-refractivity contribution in [3.05, 3.63) is 42.0 Å². The van der Waals surface area contributed by atoms with Gasteiger partial charge in [-0.2, -0.15) is 0 Å². The quantitative estimate of drug-likeness (QED) is 0.815. The Morgan fingerprint density at radius 2 is 2.33 bits per heavy atom. The van der Waals surface area contributed by atoms with Gasteiger partial charge in [-0.15, -0.1) is 5.10 Å². The zero-order valence-electron chi connectivity index (χ0n) is 11.1. The Bertz CT molecular complexity index is 674. The van der Waals surface area contributed by atoms with Crippen molar-refractivity contribution in [3.63, 3.8) is 0 Å². The van der Waals surface area contributed by atoms with Gasteiger partial charge in [-0.3, -0.25) is 4.79 Å². The van der Waals surface area contributed by atoms with Crippen molar-refractivity contribution in [2.24, 2.45) is 0 Å². The summed E-state index contributed by atoms with van der Waals surface area (Å²) < 4.78 is 14.6. The number of benzene rings is 1. The number of amides is 1. The Hall–Kier alpha value is -2.72. The smallest absolute Gasteiger partial charge is 0.246 e. The van der Waals surface area contributed by atoms with Crippen molar-refractivity contribution in [1.82, 2.24) is 15.0 Å². The highest BCUT2D eigenvalue weighted by molar-refractivity contribution is 5.91. The zero-order valence-corrected chi connectivity index (χ0v) is 11.1. The standard InChI is InChI=1S/C14H13FN4O2/c15-12-4-5-13(11(9-12)3-1-2-8-20)17-14(21)10-19-7-6-16-18-19/h4-7,9,20H,2,8,10H2,(H,17,21). The fourth-order valence-corrected chi connectivity index (χ4v) is 1.60. The molecule has 0 aliphatic carbocycles. The van der Waals surface area contributed by atoms with Crippen LogP contribution in [0.25, 0.3) is 0 Å². The zero-order chi connectivity index (χ0) is 15.1. The minimum absolute atomic E-state index is 0.000878. The number of nitrogens with one attached hydrogen (secondary N) is 1. The first-order chi connectivity index (χ1) is 10.2. The predicted octanol–water partition coefficient (Wildman–Crippen LogP) is 0.790. The topological polar surface area (TPSA) is 80.0 Å². The van der Waals surface area contributed by atoms with Crippen LogP contribution in [-0.4, -0.2) is 32.6 Å². The Kier molecular flexibility index (Phi) is 5.01. The molecule has 1 aromatic heterocycles. The van der Waals surface area contributed by atoms with E-state index in [4.69, 9.17) is 5.11 Å². The molecule has 1 aromatic carbocycles. The monoisotopic (exact) mass is 288 g/mol. The van der Waals surface area contributed by atoms with Gasteiger partial charge in [0.2, 0.25) is 5.91 Å². The normalized spacial score (nSPS) is 9.81. The van der Waals surface area contributed by atoms with Crippen molar-refractivity contribution in [2.75, 3.05) is 11.9 Å². The van der Waals surface area contributed by atoms with Gasteiger partial charge in [0.05, 0.1) is 24.1 Å². The number of aliphatic hydroxyl groups is 1. The minimum Gasteiger partial charge on any atom is -0.395 e. The number of aliphatic hydroxyl groups excluding tert-OH is 1. The molecular weight excluding hydrogens is 275 g/mol. The highest BCUT2D eigenvalue weighted by atomic mass is 19.1. The van der Waals surface area contributed by atoms with E-state index >= 15 is 0 Å². The van der Waals surface area contributed by atoms with Crippen LogP contribution in [0.1, 0.15) is 12.0 Å². The third-order valence-electron chi connectivity index (χ3n) is 2.49. The van der Waals surface area contributed by atoms with Crippen molar-refractivity contribution in [3.8, 4) is 11.8 Å². The number of hydrogen-bond acceptors (Lipinski definition) is 4. The van der Waals surface area contributed by atoms with Gasteiger partial charge < -0.3 is 10.4 Å². The number of hydrogen-bond donors (Lipinski definition) is 2. The number of halogens is 1. The largest absolute Gasteiger partial charge is 0.395 e. The lowest BCUT2D eigenvalue weighted by atomic mass is 10.1. The van der Waals surface area contributed by atoms with Crippen LogP contribution in [0.15, 0.2) is 30.6 Å². The molecule has 0 fully saturated rings. The van der Waals surface area contributed by atoms with E-state index in [-0.39, 0.29) is 25.5 Å². The molecule has 0 saturated heterocycles. The van der Waals surface area contributed by atoms with Crippen LogP contribution in [0, 0.1) is 17.7 Å². The highest BCUT2D eigenvalue weighted by Gasteiger charge is 2.08. The van der Waals surface area contributed by atoms with Gasteiger partial charge in [0.1, 0.15) is 12.4 Å². The predicted molar refractivity (Wildman–Crippen MR) is 73.6 cm³/mol. The molecule has 0 atom stereocenters. The highest BCUT2D eigenvalue weighted by Crippen LogP contribution is 2.16. The number of aromatic nitrogens is 3. The molecule has 0 radical (unpaired) electrons. The van der Waals surface area contributed by atoms with E-state index in [1.54, 1.807) is 6.20 Å². The number of carbonyl (C=O) groups excluding carboxylic acids is 1. The second-order valence-electron chi connectivity index (χ2n) is 4.11. The molecule has 2 rings (SSSR count). The summed E-state index contributed by atoms with van der Waals surface area (Å²) in [6.45, 7) is -0.0722. The molecule has 0 saturated carbocycles. The van der Waals surface area contributed by atoms with E-state index in [0.29, 0.717) is 11.3 Å². The molecular formula is C14H13FN4O2. The molecule has 0 aliphatic heterocycles. The lowest BCUT2D eigenvalue weighted by Gasteiger charge is -2.07. The van der Waals surface area contributed by atoms with Gasteiger partial charge in [-0.25, -0.2) is 9.07 Å². The Morgan fingerprint density at radius 1 is 1.48 bits per heavy atom. The fraction of sp³-hybridized carbons (Fsp3) is 0.214. The summed E-state index contributed by atoms with van der Waals surface area (Å²) in [4.78, 5) is 11.9. The van der Waals surface area contributed by atoms with E-state index in [2.05, 4.69) is 27.5 Å². The van der Waals surface area contributed by atoms with Crippen molar-refractivity contribution < 1.29 is 14.3 Å². The van der Waals surface area contributed by atoms with Crippen LogP contribution in [0.4, 0.5) is 10.1 Å². The summed E-state index contributed by atoms with van der Waals surface area (Å²) in [6.07, 6.45) is 3.31. The second-order valence-corrected chi connectivity index (χ2v) is 4.11. The SMILES string of the molecule is O=C(Cn1ccnn1)Nc1ccc(F)cc1C#CCCO. The van der Waals surface area contributed by atoms with Gasteiger partial charge in [0.15, 0.2) is 0 Å². The van der Waals surface area contributed by atoms with Gasteiger partial charge in [-0.1, -0.05) is 17.1 Å².